The normalized spacial score (nSPS) is 11.3. The van der Waals surface area contributed by atoms with Crippen LogP contribution >= 0.6 is 0 Å². The van der Waals surface area contributed by atoms with Crippen LogP contribution in [0.5, 0.6) is 0 Å². The fourth-order valence-corrected chi connectivity index (χ4v) is 4.06. The molecule has 0 aliphatic rings. The predicted octanol–water partition coefficient (Wildman–Crippen LogP) is 5.11. The van der Waals surface area contributed by atoms with Gasteiger partial charge in [-0.15, -0.1) is 0 Å². The van der Waals surface area contributed by atoms with Crippen molar-refractivity contribution in [2.24, 2.45) is 0 Å². The lowest BCUT2D eigenvalue weighted by Gasteiger charge is -2.06. The average Bonchev–Trinajstić information content (AvgIpc) is 3.52. The van der Waals surface area contributed by atoms with Crippen LogP contribution in [0.3, 0.4) is 0 Å². The molecule has 0 atom stereocenters. The van der Waals surface area contributed by atoms with Crippen molar-refractivity contribution in [2.45, 2.75) is 13.3 Å². The minimum absolute atomic E-state index is 0.0891. The zero-order valence-corrected chi connectivity index (χ0v) is 19.1. The van der Waals surface area contributed by atoms with Crippen molar-refractivity contribution in [3.8, 4) is 33.9 Å². The number of hydrogen-bond donors (Lipinski definition) is 3. The SMILES string of the molecule is CCC(=O)Nc1cncc(-c2cnc3[nH]nc(-c4nc5c(-c6ccccc6F)nccc5[nH]4)c3c2)c1. The van der Waals surface area contributed by atoms with E-state index in [4.69, 9.17) is 4.98 Å². The molecular weight excluding hydrogens is 459 g/mol. The summed E-state index contributed by atoms with van der Waals surface area (Å²) < 4.78 is 14.5. The molecule has 176 valence electrons. The molecule has 0 spiro atoms. The molecular formula is C26H19FN8O. The van der Waals surface area contributed by atoms with Crippen molar-refractivity contribution < 1.29 is 9.18 Å². The molecule has 0 aliphatic carbocycles. The number of anilines is 1. The number of carbonyl (C=O) groups excluding carboxylic acids is 1. The molecule has 0 unspecified atom stereocenters. The van der Waals surface area contributed by atoms with E-state index in [0.717, 1.165) is 16.5 Å². The Hall–Kier alpha value is -4.99. The largest absolute Gasteiger partial charge is 0.336 e. The third-order valence-corrected chi connectivity index (χ3v) is 5.85. The van der Waals surface area contributed by atoms with Crippen LogP contribution in [0.1, 0.15) is 13.3 Å². The number of nitrogens with one attached hydrogen (secondary N) is 3. The Balaban J connectivity index is 1.44. The number of nitrogens with zero attached hydrogens (tertiary/aromatic N) is 5. The van der Waals surface area contributed by atoms with Gasteiger partial charge in [-0.05, 0) is 30.3 Å². The quantitative estimate of drug-likeness (QED) is 0.316. The number of carbonyl (C=O) groups is 1. The van der Waals surface area contributed by atoms with Crippen LogP contribution < -0.4 is 5.32 Å². The first-order valence-electron chi connectivity index (χ1n) is 11.3. The summed E-state index contributed by atoms with van der Waals surface area (Å²) in [5.41, 5.74) is 5.43. The molecule has 3 N–H and O–H groups in total. The van der Waals surface area contributed by atoms with Gasteiger partial charge in [-0.1, -0.05) is 19.1 Å². The van der Waals surface area contributed by atoms with Crippen molar-refractivity contribution in [1.82, 2.24) is 35.1 Å². The molecule has 0 fully saturated rings. The Bertz CT molecular complexity index is 1760. The van der Waals surface area contributed by atoms with E-state index in [-0.39, 0.29) is 11.7 Å². The van der Waals surface area contributed by atoms with Crippen LogP contribution in [-0.2, 0) is 4.79 Å². The monoisotopic (exact) mass is 478 g/mol. The van der Waals surface area contributed by atoms with Gasteiger partial charge in [-0.25, -0.2) is 14.4 Å². The number of halogens is 1. The van der Waals surface area contributed by atoms with E-state index < -0.39 is 0 Å². The van der Waals surface area contributed by atoms with E-state index in [1.165, 1.54) is 6.07 Å². The number of rotatable bonds is 5. The number of aromatic amines is 2. The summed E-state index contributed by atoms with van der Waals surface area (Å²) in [7, 11) is 0. The van der Waals surface area contributed by atoms with Crippen molar-refractivity contribution in [1.29, 1.82) is 0 Å². The molecule has 5 aromatic heterocycles. The summed E-state index contributed by atoms with van der Waals surface area (Å²) in [6.07, 6.45) is 7.01. The third-order valence-electron chi connectivity index (χ3n) is 5.85. The molecule has 0 saturated carbocycles. The van der Waals surface area contributed by atoms with Crippen molar-refractivity contribution in [3.05, 3.63) is 73.1 Å². The second-order valence-corrected chi connectivity index (χ2v) is 8.18. The summed E-state index contributed by atoms with van der Waals surface area (Å²) >= 11 is 0. The molecule has 0 bridgehead atoms. The molecule has 0 aliphatic heterocycles. The highest BCUT2D eigenvalue weighted by Crippen LogP contribution is 2.32. The Morgan fingerprint density at radius 2 is 1.89 bits per heavy atom. The van der Waals surface area contributed by atoms with E-state index in [1.54, 1.807) is 56.0 Å². The van der Waals surface area contributed by atoms with Gasteiger partial charge in [0.15, 0.2) is 11.5 Å². The molecule has 6 rings (SSSR count). The summed E-state index contributed by atoms with van der Waals surface area (Å²) in [4.78, 5) is 32.9. The minimum atomic E-state index is -0.368. The number of pyridine rings is 3. The van der Waals surface area contributed by atoms with E-state index in [1.807, 2.05) is 12.1 Å². The van der Waals surface area contributed by atoms with E-state index in [2.05, 4.69) is 35.5 Å². The van der Waals surface area contributed by atoms with E-state index in [9.17, 15) is 9.18 Å². The van der Waals surface area contributed by atoms with Crippen molar-refractivity contribution >= 4 is 33.7 Å². The van der Waals surface area contributed by atoms with Crippen LogP contribution in [0.2, 0.25) is 0 Å². The van der Waals surface area contributed by atoms with Gasteiger partial charge in [0.1, 0.15) is 22.7 Å². The van der Waals surface area contributed by atoms with Gasteiger partial charge in [0.2, 0.25) is 5.91 Å². The number of hydrogen-bond acceptors (Lipinski definition) is 6. The number of H-pyrrole nitrogens is 2. The molecule has 6 aromatic rings. The average molecular weight is 478 g/mol. The summed E-state index contributed by atoms with van der Waals surface area (Å²) in [6, 6.07) is 12.0. The topological polar surface area (TPSA) is 125 Å². The first-order valence-corrected chi connectivity index (χ1v) is 11.3. The molecule has 0 radical (unpaired) electrons. The standard InChI is InChI=1S/C26H19FN8O/c1-2-21(36)31-16-9-14(11-28-13-16)15-10-18-23(34-35-25(18)30-12-15)26-32-20-7-8-29-22(24(20)33-26)17-5-3-4-6-19(17)27/h3-13H,2H2,1H3,(H,31,36)(H,32,33)(H,30,34,35). The summed E-state index contributed by atoms with van der Waals surface area (Å²) in [6.45, 7) is 1.79. The number of amides is 1. The second kappa shape index (κ2) is 8.66. The van der Waals surface area contributed by atoms with Crippen LogP contribution in [0.25, 0.3) is 56.0 Å². The maximum atomic E-state index is 14.5. The van der Waals surface area contributed by atoms with E-state index in [0.29, 0.717) is 51.6 Å². The zero-order chi connectivity index (χ0) is 24.6. The maximum Gasteiger partial charge on any atom is 0.224 e. The Morgan fingerprint density at radius 3 is 2.75 bits per heavy atom. The van der Waals surface area contributed by atoms with Gasteiger partial charge < -0.3 is 10.3 Å². The first kappa shape index (κ1) is 21.5. The van der Waals surface area contributed by atoms with Crippen LogP contribution in [-0.4, -0.2) is 41.0 Å². The number of imidazole rings is 1. The maximum absolute atomic E-state index is 14.5. The Labute approximate surface area is 203 Å². The van der Waals surface area contributed by atoms with Gasteiger partial charge in [0.05, 0.1) is 22.8 Å². The molecule has 1 aromatic carbocycles. The van der Waals surface area contributed by atoms with Crippen LogP contribution in [0.15, 0.2) is 67.3 Å². The summed E-state index contributed by atoms with van der Waals surface area (Å²) in [5.74, 6) is 0.0451. The predicted molar refractivity (Wildman–Crippen MR) is 134 cm³/mol. The molecule has 0 saturated heterocycles. The fourth-order valence-electron chi connectivity index (χ4n) is 4.06. The third kappa shape index (κ3) is 3.74. The lowest BCUT2D eigenvalue weighted by molar-refractivity contribution is -0.115. The lowest BCUT2D eigenvalue weighted by atomic mass is 10.1. The smallest absolute Gasteiger partial charge is 0.224 e. The van der Waals surface area contributed by atoms with Gasteiger partial charge >= 0.3 is 0 Å². The minimum Gasteiger partial charge on any atom is -0.336 e. The van der Waals surface area contributed by atoms with E-state index >= 15 is 0 Å². The first-order chi connectivity index (χ1) is 17.6. The molecule has 5 heterocycles. The highest BCUT2D eigenvalue weighted by Gasteiger charge is 2.18. The van der Waals surface area contributed by atoms with Gasteiger partial charge in [0.25, 0.3) is 0 Å². The Morgan fingerprint density at radius 1 is 1.03 bits per heavy atom. The molecule has 36 heavy (non-hydrogen) atoms. The van der Waals surface area contributed by atoms with Gasteiger partial charge in [0, 0.05) is 41.7 Å². The molecule has 10 heteroatoms. The lowest BCUT2D eigenvalue weighted by Crippen LogP contribution is -2.09. The Kier molecular flexibility index (Phi) is 5.18. The van der Waals surface area contributed by atoms with Gasteiger partial charge in [-0.3, -0.25) is 19.9 Å². The number of benzene rings is 1. The van der Waals surface area contributed by atoms with Crippen LogP contribution in [0, 0.1) is 5.82 Å². The highest BCUT2D eigenvalue weighted by atomic mass is 19.1. The highest BCUT2D eigenvalue weighted by molar-refractivity contribution is 5.96. The van der Waals surface area contributed by atoms with Gasteiger partial charge in [-0.2, -0.15) is 5.10 Å². The number of fused-ring (bicyclic) bond motifs is 2. The van der Waals surface area contributed by atoms with Crippen LogP contribution in [0.4, 0.5) is 10.1 Å². The number of aromatic nitrogens is 7. The molecule has 1 amide bonds. The molecule has 9 nitrogen and oxygen atoms in total. The zero-order valence-electron chi connectivity index (χ0n) is 19.1. The second-order valence-electron chi connectivity index (χ2n) is 8.18. The van der Waals surface area contributed by atoms with Crippen molar-refractivity contribution in [2.75, 3.05) is 5.32 Å². The fraction of sp³-hybridized carbons (Fsp3) is 0.0769. The summed E-state index contributed by atoms with van der Waals surface area (Å²) in [5, 5.41) is 10.9. The van der Waals surface area contributed by atoms with Crippen molar-refractivity contribution in [3.63, 3.8) is 0 Å².